The largest absolute Gasteiger partial charge is 0.381 e. The van der Waals surface area contributed by atoms with E-state index >= 15 is 0 Å². The summed E-state index contributed by atoms with van der Waals surface area (Å²) in [5, 5.41) is 0. The van der Waals surface area contributed by atoms with Gasteiger partial charge in [0.25, 0.3) is 0 Å². The zero-order valence-electron chi connectivity index (χ0n) is 9.83. The third-order valence-electron chi connectivity index (χ3n) is 3.69. The minimum Gasteiger partial charge on any atom is -0.381 e. The van der Waals surface area contributed by atoms with E-state index in [1.807, 2.05) is 6.92 Å². The van der Waals surface area contributed by atoms with Crippen LogP contribution in [0.15, 0.2) is 0 Å². The summed E-state index contributed by atoms with van der Waals surface area (Å²) in [6.07, 6.45) is 3.28. The van der Waals surface area contributed by atoms with E-state index < -0.39 is 0 Å². The molecule has 1 aliphatic heterocycles. The standard InChI is InChI=1S/C12H22O3/c1-3-10-7-12(14-5-6-15-12)8-11(10)9-13-4-2/h10-11H,3-9H2,1-2H3. The van der Waals surface area contributed by atoms with Crippen LogP contribution in [-0.2, 0) is 14.2 Å². The Morgan fingerprint density at radius 1 is 1.13 bits per heavy atom. The summed E-state index contributed by atoms with van der Waals surface area (Å²) in [6.45, 7) is 7.49. The Labute approximate surface area is 92.1 Å². The summed E-state index contributed by atoms with van der Waals surface area (Å²) < 4.78 is 17.1. The molecule has 3 nitrogen and oxygen atoms in total. The second-order valence-electron chi connectivity index (χ2n) is 4.60. The second kappa shape index (κ2) is 4.81. The predicted molar refractivity (Wildman–Crippen MR) is 57.6 cm³/mol. The van der Waals surface area contributed by atoms with Gasteiger partial charge in [-0.25, -0.2) is 0 Å². The molecule has 0 amide bonds. The van der Waals surface area contributed by atoms with Crippen LogP contribution >= 0.6 is 0 Å². The van der Waals surface area contributed by atoms with Crippen molar-refractivity contribution in [2.24, 2.45) is 11.8 Å². The number of hydrogen-bond acceptors (Lipinski definition) is 3. The van der Waals surface area contributed by atoms with Gasteiger partial charge in [-0.2, -0.15) is 0 Å². The molecule has 15 heavy (non-hydrogen) atoms. The van der Waals surface area contributed by atoms with Gasteiger partial charge in [0.1, 0.15) is 0 Å². The lowest BCUT2D eigenvalue weighted by Crippen LogP contribution is -2.26. The van der Waals surface area contributed by atoms with Crippen LogP contribution in [0, 0.1) is 11.8 Å². The molecule has 0 bridgehead atoms. The molecule has 2 aliphatic rings. The molecule has 2 fully saturated rings. The fraction of sp³-hybridized carbons (Fsp3) is 1.00. The SMILES string of the molecule is CCOCC1CC2(CC1CC)OCCO2. The maximum absolute atomic E-state index is 5.77. The Morgan fingerprint density at radius 3 is 2.40 bits per heavy atom. The molecule has 1 spiro atoms. The maximum Gasteiger partial charge on any atom is 0.169 e. The molecule has 1 aliphatic carbocycles. The van der Waals surface area contributed by atoms with Crippen molar-refractivity contribution < 1.29 is 14.2 Å². The van der Waals surface area contributed by atoms with Crippen LogP contribution < -0.4 is 0 Å². The van der Waals surface area contributed by atoms with Crippen LogP contribution in [0.2, 0.25) is 0 Å². The van der Waals surface area contributed by atoms with Gasteiger partial charge in [-0.15, -0.1) is 0 Å². The van der Waals surface area contributed by atoms with Crippen molar-refractivity contribution in [2.75, 3.05) is 26.4 Å². The number of rotatable bonds is 4. The molecule has 2 unspecified atom stereocenters. The highest BCUT2D eigenvalue weighted by atomic mass is 16.7. The summed E-state index contributed by atoms with van der Waals surface area (Å²) in [4.78, 5) is 0. The van der Waals surface area contributed by atoms with E-state index in [1.54, 1.807) is 0 Å². The Bertz CT molecular complexity index is 199. The molecule has 1 heterocycles. The molecule has 0 aromatic heterocycles. The third-order valence-corrected chi connectivity index (χ3v) is 3.69. The molecular weight excluding hydrogens is 192 g/mol. The van der Waals surface area contributed by atoms with Crippen molar-refractivity contribution in [3.8, 4) is 0 Å². The van der Waals surface area contributed by atoms with Gasteiger partial charge >= 0.3 is 0 Å². The summed E-state index contributed by atoms with van der Waals surface area (Å²) in [6, 6.07) is 0. The lowest BCUT2D eigenvalue weighted by molar-refractivity contribution is -0.155. The van der Waals surface area contributed by atoms with Crippen LogP contribution in [0.5, 0.6) is 0 Å². The monoisotopic (exact) mass is 214 g/mol. The van der Waals surface area contributed by atoms with Gasteiger partial charge in [-0.3, -0.25) is 0 Å². The quantitative estimate of drug-likeness (QED) is 0.718. The minimum atomic E-state index is -0.248. The molecule has 3 heteroatoms. The van der Waals surface area contributed by atoms with Crippen LogP contribution in [0.3, 0.4) is 0 Å². The molecule has 0 aromatic rings. The molecule has 2 atom stereocenters. The lowest BCUT2D eigenvalue weighted by atomic mass is 9.95. The Balaban J connectivity index is 1.93. The first-order chi connectivity index (χ1) is 7.29. The average Bonchev–Trinajstić information content (AvgIpc) is 2.84. The first-order valence-corrected chi connectivity index (χ1v) is 6.15. The second-order valence-corrected chi connectivity index (χ2v) is 4.60. The molecular formula is C12H22O3. The van der Waals surface area contributed by atoms with E-state index in [1.165, 1.54) is 6.42 Å². The zero-order valence-corrected chi connectivity index (χ0v) is 9.83. The summed E-state index contributed by atoms with van der Waals surface area (Å²) in [5.74, 6) is 1.07. The lowest BCUT2D eigenvalue weighted by Gasteiger charge is -2.21. The predicted octanol–water partition coefficient (Wildman–Crippen LogP) is 2.20. The molecule has 2 rings (SSSR count). The molecule has 1 saturated carbocycles. The average molecular weight is 214 g/mol. The highest BCUT2D eigenvalue weighted by Gasteiger charge is 2.48. The van der Waals surface area contributed by atoms with Crippen molar-refractivity contribution in [3.05, 3.63) is 0 Å². The van der Waals surface area contributed by atoms with Crippen molar-refractivity contribution in [1.82, 2.24) is 0 Å². The van der Waals surface area contributed by atoms with Gasteiger partial charge in [-0.05, 0) is 18.8 Å². The highest BCUT2D eigenvalue weighted by molar-refractivity contribution is 4.91. The van der Waals surface area contributed by atoms with Crippen molar-refractivity contribution >= 4 is 0 Å². The third kappa shape index (κ3) is 2.35. The van der Waals surface area contributed by atoms with Crippen LogP contribution in [-0.4, -0.2) is 32.2 Å². The first kappa shape index (κ1) is 11.4. The Kier molecular flexibility index (Phi) is 3.65. The van der Waals surface area contributed by atoms with Gasteiger partial charge in [0, 0.05) is 26.1 Å². The smallest absolute Gasteiger partial charge is 0.169 e. The van der Waals surface area contributed by atoms with Gasteiger partial charge < -0.3 is 14.2 Å². The fourth-order valence-corrected chi connectivity index (χ4v) is 2.89. The Morgan fingerprint density at radius 2 is 1.80 bits per heavy atom. The summed E-state index contributed by atoms with van der Waals surface area (Å²) in [5.41, 5.74) is 0. The van der Waals surface area contributed by atoms with Crippen molar-refractivity contribution in [3.63, 3.8) is 0 Å². The normalized spacial score (nSPS) is 34.0. The van der Waals surface area contributed by atoms with E-state index in [9.17, 15) is 0 Å². The van der Waals surface area contributed by atoms with Crippen LogP contribution in [0.25, 0.3) is 0 Å². The van der Waals surface area contributed by atoms with Gasteiger partial charge in [-0.1, -0.05) is 13.3 Å². The fourth-order valence-electron chi connectivity index (χ4n) is 2.89. The zero-order chi connectivity index (χ0) is 10.7. The van der Waals surface area contributed by atoms with Crippen LogP contribution in [0.1, 0.15) is 33.1 Å². The molecule has 0 aromatic carbocycles. The topological polar surface area (TPSA) is 27.7 Å². The highest BCUT2D eigenvalue weighted by Crippen LogP contribution is 2.45. The first-order valence-electron chi connectivity index (χ1n) is 6.15. The number of hydrogen-bond donors (Lipinski definition) is 0. The van der Waals surface area contributed by atoms with Gasteiger partial charge in [0.05, 0.1) is 13.2 Å². The number of ether oxygens (including phenoxy) is 3. The molecule has 1 saturated heterocycles. The van der Waals surface area contributed by atoms with Gasteiger partial charge in [0.2, 0.25) is 0 Å². The molecule has 88 valence electrons. The van der Waals surface area contributed by atoms with E-state index in [0.29, 0.717) is 11.8 Å². The van der Waals surface area contributed by atoms with E-state index in [2.05, 4.69) is 6.92 Å². The van der Waals surface area contributed by atoms with Crippen molar-refractivity contribution in [2.45, 2.75) is 38.9 Å². The van der Waals surface area contributed by atoms with Crippen molar-refractivity contribution in [1.29, 1.82) is 0 Å². The van der Waals surface area contributed by atoms with Gasteiger partial charge in [0.15, 0.2) is 5.79 Å². The van der Waals surface area contributed by atoms with E-state index in [0.717, 1.165) is 39.3 Å². The molecule has 0 N–H and O–H groups in total. The summed E-state index contributed by atoms with van der Waals surface area (Å²) >= 11 is 0. The minimum absolute atomic E-state index is 0.248. The van der Waals surface area contributed by atoms with Crippen LogP contribution in [0.4, 0.5) is 0 Å². The Hall–Kier alpha value is -0.120. The van der Waals surface area contributed by atoms with E-state index in [-0.39, 0.29) is 5.79 Å². The van der Waals surface area contributed by atoms with E-state index in [4.69, 9.17) is 14.2 Å². The summed E-state index contributed by atoms with van der Waals surface area (Å²) in [7, 11) is 0. The maximum atomic E-state index is 5.77. The molecule has 0 radical (unpaired) electrons.